The molecule has 0 spiro atoms. The van der Waals surface area contributed by atoms with Gasteiger partial charge in [0, 0.05) is 32.7 Å². The van der Waals surface area contributed by atoms with E-state index in [9.17, 15) is 13.2 Å². The summed E-state index contributed by atoms with van der Waals surface area (Å²) in [5.74, 6) is 0.909. The monoisotopic (exact) mass is 399 g/mol. The molecule has 1 aromatic carbocycles. The first-order valence-electron chi connectivity index (χ1n) is 8.58. The number of rotatable bonds is 6. The van der Waals surface area contributed by atoms with Crippen LogP contribution in [0, 0.1) is 0 Å². The van der Waals surface area contributed by atoms with Crippen LogP contribution in [-0.2, 0) is 0 Å². The molecule has 3 rings (SSSR count). The van der Waals surface area contributed by atoms with Crippen LogP contribution in [0.5, 0.6) is 17.2 Å². The first-order chi connectivity index (χ1) is 13.3. The summed E-state index contributed by atoms with van der Waals surface area (Å²) in [5, 5.41) is 9.04. The Hall–Kier alpha value is -2.79. The van der Waals surface area contributed by atoms with E-state index in [4.69, 9.17) is 15.6 Å². The zero-order valence-corrected chi connectivity index (χ0v) is 14.9. The van der Waals surface area contributed by atoms with Crippen LogP contribution in [0.2, 0.25) is 0 Å². The third-order valence-corrected chi connectivity index (χ3v) is 4.13. The predicted octanol–water partition coefficient (Wildman–Crippen LogP) is 1.86. The van der Waals surface area contributed by atoms with Gasteiger partial charge < -0.3 is 25.2 Å². The number of hydrogen-bond acceptors (Lipinski definition) is 8. The molecule has 2 heterocycles. The lowest BCUT2D eigenvalue weighted by Gasteiger charge is -2.35. The molecular formula is C17H20F3N5O3. The lowest BCUT2D eigenvalue weighted by molar-refractivity contribution is -0.274. The number of aliphatic hydroxyl groups is 1. The van der Waals surface area contributed by atoms with Crippen molar-refractivity contribution in [1.82, 2.24) is 14.9 Å². The number of benzene rings is 1. The summed E-state index contributed by atoms with van der Waals surface area (Å²) in [5.41, 5.74) is 5.71. The first-order valence-corrected chi connectivity index (χ1v) is 8.58. The van der Waals surface area contributed by atoms with Gasteiger partial charge in [0.1, 0.15) is 11.5 Å². The van der Waals surface area contributed by atoms with Gasteiger partial charge in [0.15, 0.2) is 11.6 Å². The van der Waals surface area contributed by atoms with Crippen molar-refractivity contribution in [3.05, 3.63) is 30.5 Å². The molecule has 0 amide bonds. The number of alkyl halides is 3. The summed E-state index contributed by atoms with van der Waals surface area (Å²) in [7, 11) is 0. The third-order valence-electron chi connectivity index (χ3n) is 4.13. The number of halogens is 3. The molecule has 3 N–H and O–H groups in total. The number of aliphatic hydroxyl groups excluding tert-OH is 1. The number of nitrogens with two attached hydrogens (primary N) is 1. The fraction of sp³-hybridized carbons (Fsp3) is 0.412. The number of aromatic nitrogens is 2. The molecule has 1 aromatic heterocycles. The number of ether oxygens (including phenoxy) is 2. The SMILES string of the molecule is Nc1ncc(Oc2ccc(OC(F)(F)F)cc2)c(N2CCN(CCO)CC2)n1. The van der Waals surface area contributed by atoms with Crippen LogP contribution in [0.25, 0.3) is 0 Å². The second kappa shape index (κ2) is 8.48. The van der Waals surface area contributed by atoms with Gasteiger partial charge in [-0.1, -0.05) is 0 Å². The highest BCUT2D eigenvalue weighted by Gasteiger charge is 2.31. The average Bonchev–Trinajstić information content (AvgIpc) is 2.64. The molecule has 0 unspecified atom stereocenters. The standard InChI is InChI=1S/C17H20F3N5O3/c18-17(19,20)28-13-3-1-12(2-4-13)27-14-11-22-16(21)23-15(14)25-7-5-24(6-8-25)9-10-26/h1-4,11,26H,5-10H2,(H2,21,22,23). The summed E-state index contributed by atoms with van der Waals surface area (Å²) >= 11 is 0. The van der Waals surface area contributed by atoms with Crippen molar-refractivity contribution in [2.75, 3.05) is 50.0 Å². The van der Waals surface area contributed by atoms with Crippen LogP contribution < -0.4 is 20.1 Å². The Labute approximate surface area is 159 Å². The Balaban J connectivity index is 1.72. The number of β-amino-alcohol motifs (C(OH)–C–C–N with tert-alkyl or cyclic N) is 1. The summed E-state index contributed by atoms with van der Waals surface area (Å²) in [6.45, 7) is 3.51. The number of piperazine rings is 1. The Bertz CT molecular complexity index is 781. The number of hydrogen-bond donors (Lipinski definition) is 2. The quantitative estimate of drug-likeness (QED) is 0.760. The molecule has 0 radical (unpaired) electrons. The van der Waals surface area contributed by atoms with Gasteiger partial charge in [-0.15, -0.1) is 13.2 Å². The van der Waals surface area contributed by atoms with Crippen LogP contribution >= 0.6 is 0 Å². The van der Waals surface area contributed by atoms with E-state index in [-0.39, 0.29) is 18.3 Å². The molecule has 0 bridgehead atoms. The second-order valence-electron chi connectivity index (χ2n) is 6.09. The van der Waals surface area contributed by atoms with Crippen LogP contribution in [0.4, 0.5) is 24.9 Å². The lowest BCUT2D eigenvalue weighted by atomic mass is 10.3. The van der Waals surface area contributed by atoms with Gasteiger partial charge in [-0.05, 0) is 24.3 Å². The van der Waals surface area contributed by atoms with E-state index in [1.165, 1.54) is 18.3 Å². The zero-order chi connectivity index (χ0) is 20.1. The maximum Gasteiger partial charge on any atom is 0.573 e. The van der Waals surface area contributed by atoms with Gasteiger partial charge in [0.2, 0.25) is 5.95 Å². The van der Waals surface area contributed by atoms with E-state index in [0.29, 0.717) is 37.0 Å². The smallest absolute Gasteiger partial charge is 0.452 e. The molecule has 1 aliphatic rings. The Morgan fingerprint density at radius 3 is 2.32 bits per heavy atom. The second-order valence-corrected chi connectivity index (χ2v) is 6.09. The predicted molar refractivity (Wildman–Crippen MR) is 95.4 cm³/mol. The van der Waals surface area contributed by atoms with E-state index >= 15 is 0 Å². The topological polar surface area (TPSA) is 97.0 Å². The van der Waals surface area contributed by atoms with E-state index in [0.717, 1.165) is 25.2 Å². The van der Waals surface area contributed by atoms with Crippen LogP contribution in [0.1, 0.15) is 0 Å². The van der Waals surface area contributed by atoms with Crippen molar-refractivity contribution < 1.29 is 27.8 Å². The van der Waals surface area contributed by atoms with E-state index in [1.54, 1.807) is 0 Å². The summed E-state index contributed by atoms with van der Waals surface area (Å²) in [6.07, 6.45) is -3.32. The molecule has 1 aliphatic heterocycles. The van der Waals surface area contributed by atoms with Crippen molar-refractivity contribution >= 4 is 11.8 Å². The molecule has 2 aromatic rings. The zero-order valence-electron chi connectivity index (χ0n) is 14.9. The minimum atomic E-state index is -4.75. The van der Waals surface area contributed by atoms with Gasteiger partial charge in [0.25, 0.3) is 0 Å². The summed E-state index contributed by atoms with van der Waals surface area (Å²) in [4.78, 5) is 12.3. The largest absolute Gasteiger partial charge is 0.573 e. The molecule has 0 aliphatic carbocycles. The van der Waals surface area contributed by atoms with Crippen molar-refractivity contribution in [2.45, 2.75) is 6.36 Å². The van der Waals surface area contributed by atoms with Crippen LogP contribution in [0.3, 0.4) is 0 Å². The van der Waals surface area contributed by atoms with Gasteiger partial charge in [-0.3, -0.25) is 4.90 Å². The lowest BCUT2D eigenvalue weighted by Crippen LogP contribution is -2.47. The molecule has 152 valence electrons. The number of nitrogen functional groups attached to an aromatic ring is 1. The van der Waals surface area contributed by atoms with Crippen molar-refractivity contribution in [3.63, 3.8) is 0 Å². The van der Waals surface area contributed by atoms with E-state index in [2.05, 4.69) is 19.6 Å². The third kappa shape index (κ3) is 5.36. The normalized spacial score (nSPS) is 15.5. The molecular weight excluding hydrogens is 379 g/mol. The summed E-state index contributed by atoms with van der Waals surface area (Å²) in [6, 6.07) is 5.05. The van der Waals surface area contributed by atoms with E-state index < -0.39 is 6.36 Å². The minimum absolute atomic E-state index is 0.0917. The summed E-state index contributed by atoms with van der Waals surface area (Å²) < 4.78 is 46.4. The molecule has 8 nitrogen and oxygen atoms in total. The molecule has 11 heteroatoms. The maximum absolute atomic E-state index is 12.3. The Morgan fingerprint density at radius 1 is 1.07 bits per heavy atom. The Morgan fingerprint density at radius 2 is 1.71 bits per heavy atom. The molecule has 0 saturated carbocycles. The maximum atomic E-state index is 12.3. The first kappa shape index (κ1) is 20.0. The fourth-order valence-corrected chi connectivity index (χ4v) is 2.83. The minimum Gasteiger partial charge on any atom is -0.452 e. The van der Waals surface area contributed by atoms with Crippen LogP contribution in [-0.4, -0.2) is 65.7 Å². The molecule has 1 fully saturated rings. The average molecular weight is 399 g/mol. The molecule has 0 atom stereocenters. The highest BCUT2D eigenvalue weighted by molar-refractivity contribution is 5.55. The highest BCUT2D eigenvalue weighted by Crippen LogP contribution is 2.32. The molecule has 1 saturated heterocycles. The van der Waals surface area contributed by atoms with Crippen LogP contribution in [0.15, 0.2) is 30.5 Å². The van der Waals surface area contributed by atoms with Gasteiger partial charge in [-0.25, -0.2) is 4.98 Å². The Kier molecular flexibility index (Phi) is 6.05. The number of anilines is 2. The van der Waals surface area contributed by atoms with Gasteiger partial charge in [-0.2, -0.15) is 4.98 Å². The van der Waals surface area contributed by atoms with Crippen molar-refractivity contribution in [2.24, 2.45) is 0 Å². The fourth-order valence-electron chi connectivity index (χ4n) is 2.83. The molecule has 28 heavy (non-hydrogen) atoms. The van der Waals surface area contributed by atoms with E-state index in [1.807, 2.05) is 4.90 Å². The highest BCUT2D eigenvalue weighted by atomic mass is 19.4. The van der Waals surface area contributed by atoms with Crippen molar-refractivity contribution in [1.29, 1.82) is 0 Å². The van der Waals surface area contributed by atoms with Gasteiger partial charge >= 0.3 is 6.36 Å². The van der Waals surface area contributed by atoms with Crippen molar-refractivity contribution in [3.8, 4) is 17.2 Å². The number of nitrogens with zero attached hydrogens (tertiary/aromatic N) is 4. The van der Waals surface area contributed by atoms with Gasteiger partial charge in [0.05, 0.1) is 12.8 Å².